The van der Waals surface area contributed by atoms with E-state index in [9.17, 15) is 4.79 Å². The first kappa shape index (κ1) is 16.5. The third-order valence-electron chi connectivity index (χ3n) is 4.27. The third kappa shape index (κ3) is 3.31. The van der Waals surface area contributed by atoms with Crippen molar-refractivity contribution in [1.82, 2.24) is 9.55 Å². The Morgan fingerprint density at radius 2 is 2.17 bits per heavy atom. The van der Waals surface area contributed by atoms with Crippen LogP contribution < -0.4 is 5.56 Å². The van der Waals surface area contributed by atoms with E-state index in [2.05, 4.69) is 6.07 Å². The Balaban J connectivity index is 1.93. The van der Waals surface area contributed by atoms with Gasteiger partial charge < -0.3 is 0 Å². The molecular formula is C17H21N3OS2. The molecule has 0 saturated heterocycles. The minimum Gasteiger partial charge on any atom is -0.287 e. The quantitative estimate of drug-likeness (QED) is 0.447. The van der Waals surface area contributed by atoms with Crippen LogP contribution in [0.3, 0.4) is 0 Å². The molecule has 0 atom stereocenters. The fourth-order valence-electron chi connectivity index (χ4n) is 3.08. The van der Waals surface area contributed by atoms with Crippen molar-refractivity contribution in [3.8, 4) is 6.07 Å². The number of aryl methyl sites for hydroxylation is 2. The van der Waals surface area contributed by atoms with Gasteiger partial charge in [-0.05, 0) is 51.0 Å². The first-order valence-corrected chi connectivity index (χ1v) is 10.1. The fraction of sp³-hybridized carbons (Fsp3) is 0.588. The van der Waals surface area contributed by atoms with Gasteiger partial charge in [0.15, 0.2) is 5.16 Å². The Bertz CT molecular complexity index is 801. The maximum atomic E-state index is 12.9. The van der Waals surface area contributed by atoms with Crippen molar-refractivity contribution in [2.75, 3.05) is 5.75 Å². The van der Waals surface area contributed by atoms with Gasteiger partial charge in [-0.15, -0.1) is 11.3 Å². The van der Waals surface area contributed by atoms with Crippen molar-refractivity contribution in [2.24, 2.45) is 0 Å². The molecule has 0 radical (unpaired) electrons. The normalized spacial score (nSPS) is 13.9. The van der Waals surface area contributed by atoms with E-state index >= 15 is 0 Å². The molecule has 1 aliphatic carbocycles. The summed E-state index contributed by atoms with van der Waals surface area (Å²) in [5.74, 6) is 0.907. The van der Waals surface area contributed by atoms with Gasteiger partial charge in [0, 0.05) is 23.6 Å². The summed E-state index contributed by atoms with van der Waals surface area (Å²) in [7, 11) is 0. The lowest BCUT2D eigenvalue weighted by Gasteiger charge is -2.12. The summed E-state index contributed by atoms with van der Waals surface area (Å²) in [6, 6.07) is 2.17. The maximum absolute atomic E-state index is 12.9. The van der Waals surface area contributed by atoms with Crippen LogP contribution in [0.4, 0.5) is 0 Å². The number of aromatic nitrogens is 2. The Kier molecular flexibility index (Phi) is 5.39. The van der Waals surface area contributed by atoms with Gasteiger partial charge in [0.05, 0.1) is 11.5 Å². The molecule has 6 heteroatoms. The standard InChI is InChI=1S/C17H21N3OS2/c1-2-20-16(21)14-12-8-4-5-9-13(12)23-15(14)19-17(20)22-11-7-3-6-10-18/h2-9,11H2,1H3. The van der Waals surface area contributed by atoms with Crippen LogP contribution in [0.25, 0.3) is 10.2 Å². The Morgan fingerprint density at radius 1 is 1.35 bits per heavy atom. The van der Waals surface area contributed by atoms with Gasteiger partial charge in [-0.3, -0.25) is 9.36 Å². The van der Waals surface area contributed by atoms with Crippen LogP contribution in [0.1, 0.15) is 49.5 Å². The summed E-state index contributed by atoms with van der Waals surface area (Å²) in [4.78, 5) is 20.0. The lowest BCUT2D eigenvalue weighted by Crippen LogP contribution is -2.23. The number of fused-ring (bicyclic) bond motifs is 3. The summed E-state index contributed by atoms with van der Waals surface area (Å²) < 4.78 is 1.82. The van der Waals surface area contributed by atoms with Crippen LogP contribution in [0.15, 0.2) is 9.95 Å². The van der Waals surface area contributed by atoms with Crippen molar-refractivity contribution < 1.29 is 0 Å². The smallest absolute Gasteiger partial charge is 0.263 e. The van der Waals surface area contributed by atoms with Gasteiger partial charge in [0.1, 0.15) is 4.83 Å². The molecule has 0 bridgehead atoms. The van der Waals surface area contributed by atoms with Gasteiger partial charge in [0.25, 0.3) is 5.56 Å². The molecule has 4 nitrogen and oxygen atoms in total. The second-order valence-corrected chi connectivity index (χ2v) is 7.94. The highest BCUT2D eigenvalue weighted by atomic mass is 32.2. The summed E-state index contributed by atoms with van der Waals surface area (Å²) in [5, 5.41) is 10.3. The van der Waals surface area contributed by atoms with Crippen LogP contribution in [-0.2, 0) is 19.4 Å². The first-order valence-electron chi connectivity index (χ1n) is 8.31. The summed E-state index contributed by atoms with van der Waals surface area (Å²) in [5.41, 5.74) is 1.40. The van der Waals surface area contributed by atoms with Gasteiger partial charge >= 0.3 is 0 Å². The molecule has 122 valence electrons. The number of thiophene rings is 1. The van der Waals surface area contributed by atoms with E-state index in [-0.39, 0.29) is 5.56 Å². The van der Waals surface area contributed by atoms with Crippen molar-refractivity contribution in [1.29, 1.82) is 5.26 Å². The molecule has 3 rings (SSSR count). The summed E-state index contributed by atoms with van der Waals surface area (Å²) in [6.07, 6.45) is 7.02. The predicted octanol–water partition coefficient (Wildman–Crippen LogP) is 4.14. The zero-order valence-corrected chi connectivity index (χ0v) is 15.1. The van der Waals surface area contributed by atoms with Crippen molar-refractivity contribution in [2.45, 2.75) is 63.6 Å². The van der Waals surface area contributed by atoms with Crippen LogP contribution in [0.5, 0.6) is 0 Å². The van der Waals surface area contributed by atoms with E-state index in [0.29, 0.717) is 13.0 Å². The number of nitrogens with zero attached hydrogens (tertiary/aromatic N) is 3. The molecule has 2 aromatic rings. The van der Waals surface area contributed by atoms with Crippen LogP contribution in [0.2, 0.25) is 0 Å². The molecular weight excluding hydrogens is 326 g/mol. The van der Waals surface area contributed by atoms with Gasteiger partial charge in [0.2, 0.25) is 0 Å². The average molecular weight is 348 g/mol. The molecule has 0 saturated carbocycles. The van der Waals surface area contributed by atoms with E-state index < -0.39 is 0 Å². The average Bonchev–Trinajstić information content (AvgIpc) is 2.93. The topological polar surface area (TPSA) is 58.7 Å². The number of nitriles is 1. The summed E-state index contributed by atoms with van der Waals surface area (Å²) in [6.45, 7) is 2.67. The van der Waals surface area contributed by atoms with Crippen LogP contribution >= 0.6 is 23.1 Å². The Hall–Kier alpha value is -1.32. The fourth-order valence-corrected chi connectivity index (χ4v) is 5.44. The van der Waals surface area contributed by atoms with E-state index in [1.807, 2.05) is 11.5 Å². The molecule has 0 aromatic carbocycles. The second kappa shape index (κ2) is 7.50. The molecule has 0 fully saturated rings. The molecule has 0 amide bonds. The first-order chi connectivity index (χ1) is 11.3. The molecule has 23 heavy (non-hydrogen) atoms. The van der Waals surface area contributed by atoms with Gasteiger partial charge in [-0.1, -0.05) is 11.8 Å². The lowest BCUT2D eigenvalue weighted by atomic mass is 9.97. The molecule has 2 heterocycles. The number of rotatable bonds is 6. The number of thioether (sulfide) groups is 1. The van der Waals surface area contributed by atoms with Crippen LogP contribution in [0, 0.1) is 11.3 Å². The SMILES string of the molecule is CCn1c(SCCCCC#N)nc2sc3c(c2c1=O)CCCC3. The molecule has 0 N–H and O–H groups in total. The highest BCUT2D eigenvalue weighted by Crippen LogP contribution is 2.34. The maximum Gasteiger partial charge on any atom is 0.263 e. The van der Waals surface area contributed by atoms with Crippen molar-refractivity contribution >= 4 is 33.3 Å². The van der Waals surface area contributed by atoms with Gasteiger partial charge in [-0.2, -0.15) is 5.26 Å². The minimum atomic E-state index is 0.136. The molecule has 0 spiro atoms. The molecule has 0 unspecified atom stereocenters. The second-order valence-electron chi connectivity index (χ2n) is 5.80. The summed E-state index contributed by atoms with van der Waals surface area (Å²) >= 11 is 3.36. The van der Waals surface area contributed by atoms with E-state index in [1.165, 1.54) is 23.3 Å². The molecule has 1 aliphatic rings. The monoisotopic (exact) mass is 347 g/mol. The largest absolute Gasteiger partial charge is 0.287 e. The highest BCUT2D eigenvalue weighted by molar-refractivity contribution is 7.99. The van der Waals surface area contributed by atoms with Crippen molar-refractivity contribution in [3.63, 3.8) is 0 Å². The van der Waals surface area contributed by atoms with E-state index in [1.54, 1.807) is 23.1 Å². The predicted molar refractivity (Wildman–Crippen MR) is 96.4 cm³/mol. The number of unbranched alkanes of at least 4 members (excludes halogenated alkanes) is 2. The van der Waals surface area contributed by atoms with Crippen LogP contribution in [-0.4, -0.2) is 15.3 Å². The zero-order valence-electron chi connectivity index (χ0n) is 13.4. The minimum absolute atomic E-state index is 0.136. The Labute approximate surface area is 144 Å². The van der Waals surface area contributed by atoms with E-state index in [0.717, 1.165) is 46.8 Å². The van der Waals surface area contributed by atoms with E-state index in [4.69, 9.17) is 10.2 Å². The third-order valence-corrected chi connectivity index (χ3v) is 6.52. The number of hydrogen-bond acceptors (Lipinski definition) is 5. The zero-order chi connectivity index (χ0) is 16.2. The lowest BCUT2D eigenvalue weighted by molar-refractivity contribution is 0.633. The number of hydrogen-bond donors (Lipinski definition) is 0. The molecule has 0 aliphatic heterocycles. The highest BCUT2D eigenvalue weighted by Gasteiger charge is 2.21. The molecule has 2 aromatic heterocycles. The Morgan fingerprint density at radius 3 is 2.96 bits per heavy atom. The van der Waals surface area contributed by atoms with Gasteiger partial charge in [-0.25, -0.2) is 4.98 Å². The van der Waals surface area contributed by atoms with Crippen molar-refractivity contribution in [3.05, 3.63) is 20.8 Å².